The number of carbonyl (C=O) groups excluding carboxylic acids is 1. The predicted molar refractivity (Wildman–Crippen MR) is 125 cm³/mol. The van der Waals surface area contributed by atoms with Crippen molar-refractivity contribution in [2.45, 2.75) is 45.3 Å². The number of rotatable bonds is 11. The number of anilines is 1. The van der Waals surface area contributed by atoms with Crippen molar-refractivity contribution in [3.8, 4) is 0 Å². The third-order valence-electron chi connectivity index (χ3n) is 4.73. The number of hydrogen-bond acceptors (Lipinski definition) is 8. The molecule has 0 aliphatic carbocycles. The van der Waals surface area contributed by atoms with E-state index < -0.39 is 4.92 Å². The molecule has 2 N–H and O–H groups in total. The van der Waals surface area contributed by atoms with Gasteiger partial charge in [-0.15, -0.1) is 0 Å². The van der Waals surface area contributed by atoms with Crippen molar-refractivity contribution >= 4 is 40.2 Å². The number of nitro groups is 1. The van der Waals surface area contributed by atoms with E-state index in [1.165, 1.54) is 6.07 Å². The van der Waals surface area contributed by atoms with Crippen LogP contribution in [-0.2, 0) is 6.54 Å². The molecule has 0 saturated heterocycles. The lowest BCUT2D eigenvalue weighted by molar-refractivity contribution is -0.385. The lowest BCUT2D eigenvalue weighted by atomic mass is 10.1. The Morgan fingerprint density at radius 2 is 2.03 bits per heavy atom. The highest BCUT2D eigenvalue weighted by Gasteiger charge is 2.16. The maximum Gasteiger partial charge on any atom is 0.273 e. The Morgan fingerprint density at radius 1 is 1.22 bits per heavy atom. The zero-order valence-corrected chi connectivity index (χ0v) is 19.2. The van der Waals surface area contributed by atoms with E-state index in [9.17, 15) is 14.9 Å². The van der Waals surface area contributed by atoms with E-state index in [1.54, 1.807) is 41.7 Å². The molecule has 1 amide bonds. The summed E-state index contributed by atoms with van der Waals surface area (Å²) < 4.78 is 1.74. The van der Waals surface area contributed by atoms with Crippen molar-refractivity contribution in [3.05, 3.63) is 45.6 Å². The minimum absolute atomic E-state index is 0.0726. The number of hydrogen-bond donors (Lipinski definition) is 2. The average molecular weight is 458 g/mol. The van der Waals surface area contributed by atoms with Gasteiger partial charge in [-0.2, -0.15) is 5.10 Å². The Balaban J connectivity index is 1.74. The lowest BCUT2D eigenvalue weighted by Gasteiger charge is -2.09. The van der Waals surface area contributed by atoms with Gasteiger partial charge in [0.05, 0.1) is 23.1 Å². The first-order valence-electron chi connectivity index (χ1n) is 10.6. The molecule has 0 spiro atoms. The van der Waals surface area contributed by atoms with Crippen LogP contribution in [-0.4, -0.2) is 49.4 Å². The predicted octanol–water partition coefficient (Wildman–Crippen LogP) is 3.80. The number of nitrogens with one attached hydrogen (secondary N) is 2. The van der Waals surface area contributed by atoms with Crippen molar-refractivity contribution in [1.82, 2.24) is 25.1 Å². The zero-order valence-electron chi connectivity index (χ0n) is 18.4. The van der Waals surface area contributed by atoms with Crippen LogP contribution < -0.4 is 10.6 Å². The minimum Gasteiger partial charge on any atom is -0.369 e. The van der Waals surface area contributed by atoms with Gasteiger partial charge >= 0.3 is 0 Å². The summed E-state index contributed by atoms with van der Waals surface area (Å²) >= 11 is 1.60. The molecule has 1 aromatic carbocycles. The van der Waals surface area contributed by atoms with Crippen LogP contribution in [0.4, 0.5) is 11.5 Å². The number of amides is 1. The number of fused-ring (bicyclic) bond motifs is 1. The van der Waals surface area contributed by atoms with Gasteiger partial charge in [0, 0.05) is 36.0 Å². The van der Waals surface area contributed by atoms with E-state index in [2.05, 4.69) is 39.5 Å². The summed E-state index contributed by atoms with van der Waals surface area (Å²) in [4.78, 5) is 32.4. The molecule has 10 nitrogen and oxygen atoms in total. The van der Waals surface area contributed by atoms with E-state index in [0.29, 0.717) is 29.5 Å². The van der Waals surface area contributed by atoms with Crippen LogP contribution in [0.15, 0.2) is 29.6 Å². The van der Waals surface area contributed by atoms with E-state index in [0.717, 1.165) is 36.3 Å². The van der Waals surface area contributed by atoms with Crippen molar-refractivity contribution in [2.75, 3.05) is 24.2 Å². The van der Waals surface area contributed by atoms with Gasteiger partial charge < -0.3 is 10.6 Å². The molecule has 0 aliphatic rings. The fourth-order valence-corrected chi connectivity index (χ4v) is 3.75. The number of aromatic nitrogens is 4. The number of aryl methyl sites for hydroxylation is 1. The van der Waals surface area contributed by atoms with Crippen molar-refractivity contribution in [2.24, 2.45) is 0 Å². The van der Waals surface area contributed by atoms with Gasteiger partial charge in [0.1, 0.15) is 5.82 Å². The maximum atomic E-state index is 12.5. The van der Waals surface area contributed by atoms with Crippen LogP contribution in [0, 0.1) is 17.0 Å². The Kier molecular flexibility index (Phi) is 7.98. The fourth-order valence-electron chi connectivity index (χ4n) is 3.06. The Morgan fingerprint density at radius 3 is 2.75 bits per heavy atom. The number of nitro benzene ring substituents is 1. The van der Waals surface area contributed by atoms with Crippen LogP contribution in [0.2, 0.25) is 0 Å². The van der Waals surface area contributed by atoms with Gasteiger partial charge in [0.15, 0.2) is 10.8 Å². The highest BCUT2D eigenvalue weighted by Crippen LogP contribution is 2.25. The Hall–Kier alpha value is -3.21. The molecule has 0 bridgehead atoms. The van der Waals surface area contributed by atoms with Crippen molar-refractivity contribution < 1.29 is 9.72 Å². The van der Waals surface area contributed by atoms with E-state index in [1.807, 2.05) is 0 Å². The molecule has 3 aromatic rings. The van der Waals surface area contributed by atoms with Crippen LogP contribution in [0.25, 0.3) is 11.0 Å². The van der Waals surface area contributed by atoms with Crippen molar-refractivity contribution in [1.29, 1.82) is 0 Å². The largest absolute Gasteiger partial charge is 0.369 e. The molecule has 11 heteroatoms. The third-order valence-corrected chi connectivity index (χ3v) is 5.78. The maximum absolute atomic E-state index is 12.5. The monoisotopic (exact) mass is 457 g/mol. The lowest BCUT2D eigenvalue weighted by Crippen LogP contribution is -2.27. The van der Waals surface area contributed by atoms with Crippen LogP contribution in [0.5, 0.6) is 0 Å². The second-order valence-electron chi connectivity index (χ2n) is 7.25. The Bertz CT molecular complexity index is 1120. The molecule has 0 fully saturated rings. The van der Waals surface area contributed by atoms with Crippen LogP contribution >= 0.6 is 11.8 Å². The van der Waals surface area contributed by atoms with E-state index in [-0.39, 0.29) is 17.2 Å². The first-order chi connectivity index (χ1) is 15.4. The molecule has 0 saturated carbocycles. The van der Waals surface area contributed by atoms with Crippen LogP contribution in [0.3, 0.4) is 0 Å². The number of carbonyl (C=O) groups is 1. The highest BCUT2D eigenvalue weighted by atomic mass is 32.2. The molecule has 170 valence electrons. The molecule has 0 atom stereocenters. The molecule has 2 aromatic heterocycles. The smallest absolute Gasteiger partial charge is 0.273 e. The summed E-state index contributed by atoms with van der Waals surface area (Å²) in [6.45, 7) is 7.35. The molecule has 3 rings (SSSR count). The quantitative estimate of drug-likeness (QED) is 0.193. The molecule has 2 heterocycles. The number of benzene rings is 1. The summed E-state index contributed by atoms with van der Waals surface area (Å²) in [6, 6.07) is 4.45. The molecular weight excluding hydrogens is 430 g/mol. The first kappa shape index (κ1) is 23.5. The standard InChI is InChI=1S/C21H27N7O3S/c1-4-8-22-18-16-13-24-27(19(16)26-21(25-18)32-11-5-2)10-9-23-20(29)15-7-6-14(3)17(12-15)28(30)31/h6-7,12-13H,4-5,8-11H2,1-3H3,(H,23,29)(H,22,25,26). The highest BCUT2D eigenvalue weighted by molar-refractivity contribution is 7.99. The second-order valence-corrected chi connectivity index (χ2v) is 8.31. The van der Waals surface area contributed by atoms with E-state index in [4.69, 9.17) is 0 Å². The van der Waals surface area contributed by atoms with Gasteiger partial charge in [-0.3, -0.25) is 14.9 Å². The Labute approximate surface area is 190 Å². The zero-order chi connectivity index (χ0) is 23.1. The fraction of sp³-hybridized carbons (Fsp3) is 0.429. The summed E-state index contributed by atoms with van der Waals surface area (Å²) in [5.74, 6) is 1.31. The first-order valence-corrected chi connectivity index (χ1v) is 11.6. The molecular formula is C21H27N7O3S. The topological polar surface area (TPSA) is 128 Å². The molecule has 0 aliphatic heterocycles. The summed E-state index contributed by atoms with van der Waals surface area (Å²) in [5, 5.41) is 23.2. The summed E-state index contributed by atoms with van der Waals surface area (Å²) in [6.07, 6.45) is 3.72. The van der Waals surface area contributed by atoms with Crippen LogP contribution in [0.1, 0.15) is 42.6 Å². The third kappa shape index (κ3) is 5.52. The van der Waals surface area contributed by atoms with E-state index >= 15 is 0 Å². The molecule has 0 unspecified atom stereocenters. The van der Waals surface area contributed by atoms with Gasteiger partial charge in [-0.25, -0.2) is 14.6 Å². The number of thioether (sulfide) groups is 1. The second kappa shape index (κ2) is 10.9. The van der Waals surface area contributed by atoms with Gasteiger partial charge in [-0.1, -0.05) is 31.7 Å². The SMILES string of the molecule is CCCNc1nc(SCCC)nc2c1cnn2CCNC(=O)c1ccc(C)c([N+](=O)[O-])c1. The van der Waals surface area contributed by atoms with Gasteiger partial charge in [0.2, 0.25) is 0 Å². The van der Waals surface area contributed by atoms with Gasteiger partial charge in [-0.05, 0) is 25.8 Å². The summed E-state index contributed by atoms with van der Waals surface area (Å²) in [5.41, 5.74) is 1.40. The van der Waals surface area contributed by atoms with Gasteiger partial charge in [0.25, 0.3) is 11.6 Å². The molecule has 0 radical (unpaired) electrons. The normalized spacial score (nSPS) is 11.0. The number of nitrogens with zero attached hydrogens (tertiary/aromatic N) is 5. The molecule has 32 heavy (non-hydrogen) atoms. The van der Waals surface area contributed by atoms with Crippen molar-refractivity contribution in [3.63, 3.8) is 0 Å². The minimum atomic E-state index is -0.486. The average Bonchev–Trinajstić information content (AvgIpc) is 3.19. The summed E-state index contributed by atoms with van der Waals surface area (Å²) in [7, 11) is 0.